The maximum Gasteiger partial charge on any atom is 0.211 e. The van der Waals surface area contributed by atoms with Gasteiger partial charge in [-0.05, 0) is 51.7 Å². The zero-order valence-electron chi connectivity index (χ0n) is 12.1. The summed E-state index contributed by atoms with van der Waals surface area (Å²) in [7, 11) is -0.798. The van der Waals surface area contributed by atoms with Gasteiger partial charge >= 0.3 is 0 Å². The Balaban J connectivity index is 1.77. The summed E-state index contributed by atoms with van der Waals surface area (Å²) in [5.41, 5.74) is 0. The van der Waals surface area contributed by atoms with Crippen molar-refractivity contribution < 1.29 is 8.42 Å². The van der Waals surface area contributed by atoms with E-state index in [1.807, 2.05) is 0 Å². The number of hydrogen-bond donors (Lipinski definition) is 1. The van der Waals surface area contributed by atoms with Crippen LogP contribution in [0.3, 0.4) is 0 Å². The highest BCUT2D eigenvalue weighted by atomic mass is 32.2. The summed E-state index contributed by atoms with van der Waals surface area (Å²) < 4.78 is 24.6. The molecule has 6 heteroatoms. The summed E-state index contributed by atoms with van der Waals surface area (Å²) in [4.78, 5) is 2.45. The Morgan fingerprint density at radius 2 is 1.74 bits per heavy atom. The molecule has 0 atom stereocenters. The average Bonchev–Trinajstić information content (AvgIpc) is 2.39. The molecule has 0 aliphatic carbocycles. The molecule has 2 fully saturated rings. The lowest BCUT2D eigenvalue weighted by molar-refractivity contribution is 0.139. The van der Waals surface area contributed by atoms with Crippen LogP contribution in [0.2, 0.25) is 0 Å². The van der Waals surface area contributed by atoms with Crippen LogP contribution in [0.25, 0.3) is 0 Å². The first-order valence-corrected chi connectivity index (χ1v) is 9.17. The molecule has 0 unspecified atom stereocenters. The van der Waals surface area contributed by atoms with E-state index >= 15 is 0 Å². The van der Waals surface area contributed by atoms with Gasteiger partial charge in [-0.2, -0.15) is 0 Å². The van der Waals surface area contributed by atoms with Gasteiger partial charge in [0.05, 0.1) is 6.26 Å². The second-order valence-electron chi connectivity index (χ2n) is 6.03. The fourth-order valence-electron chi connectivity index (χ4n) is 3.24. The number of piperidine rings is 2. The lowest BCUT2D eigenvalue weighted by atomic mass is 9.96. The molecule has 0 aromatic heterocycles. The van der Waals surface area contributed by atoms with Crippen LogP contribution in [0.5, 0.6) is 0 Å². The molecular formula is C13H27N3O2S. The first kappa shape index (κ1) is 15.2. The molecule has 5 nitrogen and oxygen atoms in total. The zero-order chi connectivity index (χ0) is 13.9. The van der Waals surface area contributed by atoms with Gasteiger partial charge in [-0.3, -0.25) is 0 Å². The van der Waals surface area contributed by atoms with Crippen molar-refractivity contribution in [3.05, 3.63) is 0 Å². The monoisotopic (exact) mass is 289 g/mol. The first-order chi connectivity index (χ1) is 8.97. The molecule has 19 heavy (non-hydrogen) atoms. The van der Waals surface area contributed by atoms with E-state index in [1.165, 1.54) is 19.1 Å². The average molecular weight is 289 g/mol. The Labute approximate surface area is 117 Å². The van der Waals surface area contributed by atoms with Crippen molar-refractivity contribution in [2.75, 3.05) is 46.0 Å². The topological polar surface area (TPSA) is 52.6 Å². The molecule has 2 heterocycles. The highest BCUT2D eigenvalue weighted by molar-refractivity contribution is 7.88. The van der Waals surface area contributed by atoms with Crippen LogP contribution in [-0.2, 0) is 10.0 Å². The molecule has 2 saturated heterocycles. The third-order valence-corrected chi connectivity index (χ3v) is 5.82. The lowest BCUT2D eigenvalue weighted by Gasteiger charge is -2.37. The van der Waals surface area contributed by atoms with Crippen LogP contribution in [-0.4, -0.2) is 69.7 Å². The summed E-state index contributed by atoms with van der Waals surface area (Å²) in [6.07, 6.45) is 5.79. The number of sulfonamides is 1. The SMILES string of the molecule is CN(CC1CCNCC1)C1CCN(S(C)(=O)=O)CC1. The van der Waals surface area contributed by atoms with Crippen molar-refractivity contribution in [2.45, 2.75) is 31.7 Å². The minimum atomic E-state index is -3.00. The standard InChI is InChI=1S/C13H27N3O2S/c1-15(11-12-3-7-14-8-4-12)13-5-9-16(10-6-13)19(2,17)18/h12-14H,3-11H2,1-2H3. The van der Waals surface area contributed by atoms with Crippen LogP contribution in [0.15, 0.2) is 0 Å². The third kappa shape index (κ3) is 4.41. The van der Waals surface area contributed by atoms with E-state index in [0.717, 1.165) is 38.4 Å². The smallest absolute Gasteiger partial charge is 0.211 e. The molecular weight excluding hydrogens is 262 g/mol. The van der Waals surface area contributed by atoms with E-state index in [4.69, 9.17) is 0 Å². The Kier molecular flexibility index (Phi) is 5.22. The molecule has 2 rings (SSSR count). The van der Waals surface area contributed by atoms with Gasteiger partial charge in [0.25, 0.3) is 0 Å². The predicted octanol–water partition coefficient (Wildman–Crippen LogP) is 0.342. The Hall–Kier alpha value is -0.170. The fraction of sp³-hybridized carbons (Fsp3) is 1.00. The molecule has 0 aromatic rings. The Morgan fingerprint density at radius 3 is 2.26 bits per heavy atom. The fourth-order valence-corrected chi connectivity index (χ4v) is 4.11. The zero-order valence-corrected chi connectivity index (χ0v) is 13.0. The molecule has 0 radical (unpaired) electrons. The van der Waals surface area contributed by atoms with Gasteiger partial charge in [0, 0.05) is 25.7 Å². The van der Waals surface area contributed by atoms with Crippen molar-refractivity contribution in [1.82, 2.24) is 14.5 Å². The normalized spacial score (nSPS) is 25.0. The molecule has 0 amide bonds. The molecule has 0 saturated carbocycles. The highest BCUT2D eigenvalue weighted by Crippen LogP contribution is 2.20. The number of rotatable bonds is 4. The number of hydrogen-bond acceptors (Lipinski definition) is 4. The van der Waals surface area contributed by atoms with Gasteiger partial charge in [0.1, 0.15) is 0 Å². The predicted molar refractivity (Wildman–Crippen MR) is 77.7 cm³/mol. The van der Waals surface area contributed by atoms with Crippen LogP contribution in [0.4, 0.5) is 0 Å². The number of nitrogens with one attached hydrogen (secondary N) is 1. The van der Waals surface area contributed by atoms with Crippen molar-refractivity contribution in [2.24, 2.45) is 5.92 Å². The van der Waals surface area contributed by atoms with Crippen LogP contribution in [0.1, 0.15) is 25.7 Å². The third-order valence-electron chi connectivity index (χ3n) is 4.52. The van der Waals surface area contributed by atoms with Crippen molar-refractivity contribution in [3.63, 3.8) is 0 Å². The molecule has 0 bridgehead atoms. The van der Waals surface area contributed by atoms with Crippen molar-refractivity contribution in [3.8, 4) is 0 Å². The van der Waals surface area contributed by atoms with Crippen molar-refractivity contribution in [1.29, 1.82) is 0 Å². The van der Waals surface area contributed by atoms with E-state index in [0.29, 0.717) is 19.1 Å². The quantitative estimate of drug-likeness (QED) is 0.811. The molecule has 2 aliphatic heterocycles. The van der Waals surface area contributed by atoms with E-state index in [-0.39, 0.29) is 0 Å². The minimum Gasteiger partial charge on any atom is -0.317 e. The van der Waals surface area contributed by atoms with E-state index < -0.39 is 10.0 Å². The summed E-state index contributed by atoms with van der Waals surface area (Å²) in [5.74, 6) is 0.805. The summed E-state index contributed by atoms with van der Waals surface area (Å²) in [6.45, 7) is 4.81. The van der Waals surface area contributed by atoms with Crippen LogP contribution < -0.4 is 5.32 Å². The van der Waals surface area contributed by atoms with Crippen LogP contribution in [0, 0.1) is 5.92 Å². The molecule has 0 aromatic carbocycles. The van der Waals surface area contributed by atoms with Gasteiger partial charge in [-0.15, -0.1) is 0 Å². The summed E-state index contributed by atoms with van der Waals surface area (Å²) in [5, 5.41) is 3.40. The Morgan fingerprint density at radius 1 is 1.16 bits per heavy atom. The lowest BCUT2D eigenvalue weighted by Crippen LogP contribution is -2.47. The Bertz CT molecular complexity index is 371. The summed E-state index contributed by atoms with van der Waals surface area (Å²) >= 11 is 0. The van der Waals surface area contributed by atoms with Gasteiger partial charge in [0.2, 0.25) is 10.0 Å². The maximum absolute atomic E-state index is 11.5. The van der Waals surface area contributed by atoms with E-state index in [1.54, 1.807) is 4.31 Å². The molecule has 2 aliphatic rings. The maximum atomic E-state index is 11.5. The number of nitrogens with zero attached hydrogens (tertiary/aromatic N) is 2. The van der Waals surface area contributed by atoms with Gasteiger partial charge < -0.3 is 10.2 Å². The molecule has 112 valence electrons. The largest absolute Gasteiger partial charge is 0.317 e. The molecule has 0 spiro atoms. The first-order valence-electron chi connectivity index (χ1n) is 7.33. The second-order valence-corrected chi connectivity index (χ2v) is 8.01. The van der Waals surface area contributed by atoms with Crippen LogP contribution >= 0.6 is 0 Å². The van der Waals surface area contributed by atoms with E-state index in [9.17, 15) is 8.42 Å². The van der Waals surface area contributed by atoms with Gasteiger partial charge in [-0.1, -0.05) is 0 Å². The van der Waals surface area contributed by atoms with Gasteiger partial charge in [0.15, 0.2) is 0 Å². The minimum absolute atomic E-state index is 0.549. The van der Waals surface area contributed by atoms with Crippen molar-refractivity contribution >= 4 is 10.0 Å². The highest BCUT2D eigenvalue weighted by Gasteiger charge is 2.28. The van der Waals surface area contributed by atoms with Gasteiger partial charge in [-0.25, -0.2) is 12.7 Å². The molecule has 1 N–H and O–H groups in total. The summed E-state index contributed by atoms with van der Waals surface area (Å²) in [6, 6.07) is 0.549. The second kappa shape index (κ2) is 6.52. The van der Waals surface area contributed by atoms with E-state index in [2.05, 4.69) is 17.3 Å².